The summed E-state index contributed by atoms with van der Waals surface area (Å²) in [4.78, 5) is 13.0. The van der Waals surface area contributed by atoms with Crippen molar-refractivity contribution in [2.45, 2.75) is 78.1 Å². The van der Waals surface area contributed by atoms with Crippen LogP contribution in [0.15, 0.2) is 60.7 Å². The fraction of sp³-hybridized carbons (Fsp3) is 0.486. The monoisotopic (exact) mass is 570 g/mol. The second-order valence-corrected chi connectivity index (χ2v) is 12.4. The Morgan fingerprint density at radius 3 is 2.24 bits per heavy atom. The molecule has 1 unspecified atom stereocenters. The Morgan fingerprint density at radius 1 is 0.833 bits per heavy atom. The molecule has 224 valence electrons. The normalized spacial score (nSPS) is 16.4. The average molecular weight is 571 g/mol. The van der Waals surface area contributed by atoms with E-state index in [0.29, 0.717) is 17.9 Å². The van der Waals surface area contributed by atoms with Crippen molar-refractivity contribution in [3.63, 3.8) is 0 Å². The molecule has 1 saturated heterocycles. The second-order valence-electron chi connectivity index (χ2n) is 12.4. The predicted octanol–water partition coefficient (Wildman–Crippen LogP) is 8.76. The first kappa shape index (κ1) is 30.3. The molecule has 1 aliphatic heterocycles. The quantitative estimate of drug-likeness (QED) is 0.0979. The molecule has 1 heterocycles. The summed E-state index contributed by atoms with van der Waals surface area (Å²) < 4.78 is 22.9. The van der Waals surface area contributed by atoms with Gasteiger partial charge in [0.1, 0.15) is 11.5 Å². The number of ether oxygens (including phenoxy) is 4. The molecule has 0 bridgehead atoms. The van der Waals surface area contributed by atoms with Crippen molar-refractivity contribution in [1.82, 2.24) is 0 Å². The van der Waals surface area contributed by atoms with Crippen LogP contribution in [-0.4, -0.2) is 39.0 Å². The average Bonchev–Trinajstić information content (AvgIpc) is 3.26. The number of carbonyl (C=O) groups excluding carboxylic acids is 1. The Labute approximate surface area is 251 Å². The maximum Gasteiger partial charge on any atom is 0.343 e. The Bertz CT molecular complexity index is 1320. The lowest BCUT2D eigenvalue weighted by atomic mass is 9.90. The van der Waals surface area contributed by atoms with Crippen LogP contribution < -0.4 is 9.47 Å². The highest BCUT2D eigenvalue weighted by molar-refractivity contribution is 5.93. The summed E-state index contributed by atoms with van der Waals surface area (Å²) in [5, 5.41) is 0. The minimum Gasteiger partial charge on any atom is -0.494 e. The van der Waals surface area contributed by atoms with E-state index in [1.54, 1.807) is 0 Å². The lowest BCUT2D eigenvalue weighted by Crippen LogP contribution is -2.43. The number of esters is 1. The molecule has 5 nitrogen and oxygen atoms in total. The van der Waals surface area contributed by atoms with Crippen LogP contribution in [0.5, 0.6) is 11.5 Å². The van der Waals surface area contributed by atoms with Crippen molar-refractivity contribution < 1.29 is 23.7 Å². The lowest BCUT2D eigenvalue weighted by Gasteiger charge is -2.37. The van der Waals surface area contributed by atoms with Gasteiger partial charge in [-0.1, -0.05) is 64.3 Å². The first-order valence-corrected chi connectivity index (χ1v) is 15.8. The van der Waals surface area contributed by atoms with Crippen molar-refractivity contribution in [1.29, 1.82) is 0 Å². The highest BCUT2D eigenvalue weighted by Crippen LogP contribution is 2.46. The summed E-state index contributed by atoms with van der Waals surface area (Å²) in [6.45, 7) is 10.6. The Balaban J connectivity index is 1.07. The van der Waals surface area contributed by atoms with E-state index in [1.165, 1.54) is 41.5 Å². The number of unbranched alkanes of at least 4 members (excludes halogenated alkanes) is 5. The van der Waals surface area contributed by atoms with Crippen molar-refractivity contribution in [2.24, 2.45) is 5.41 Å². The van der Waals surface area contributed by atoms with Gasteiger partial charge in [-0.2, -0.15) is 0 Å². The molecule has 3 aromatic rings. The number of hydrogen-bond acceptors (Lipinski definition) is 5. The van der Waals surface area contributed by atoms with Crippen LogP contribution in [0.1, 0.15) is 98.7 Å². The molecule has 3 aromatic carbocycles. The van der Waals surface area contributed by atoms with Gasteiger partial charge in [-0.25, -0.2) is 4.79 Å². The largest absolute Gasteiger partial charge is 0.494 e. The van der Waals surface area contributed by atoms with Crippen molar-refractivity contribution >= 4 is 5.97 Å². The third-order valence-electron chi connectivity index (χ3n) is 8.54. The zero-order valence-electron chi connectivity index (χ0n) is 25.6. The van der Waals surface area contributed by atoms with Crippen molar-refractivity contribution in [3.8, 4) is 22.6 Å². The predicted molar refractivity (Wildman–Crippen MR) is 168 cm³/mol. The third-order valence-corrected chi connectivity index (χ3v) is 8.54. The molecule has 0 spiro atoms. The Kier molecular flexibility index (Phi) is 10.4. The molecule has 0 aromatic heterocycles. The molecule has 2 aliphatic rings. The fourth-order valence-electron chi connectivity index (χ4n) is 5.87. The number of rotatable bonds is 16. The van der Waals surface area contributed by atoms with E-state index in [0.717, 1.165) is 69.8 Å². The van der Waals surface area contributed by atoms with E-state index in [1.807, 2.05) is 24.3 Å². The number of aryl methyl sites for hydroxylation is 1. The van der Waals surface area contributed by atoms with Gasteiger partial charge < -0.3 is 18.9 Å². The lowest BCUT2D eigenvalue weighted by molar-refractivity contribution is -0.137. The molecule has 1 fully saturated rings. The van der Waals surface area contributed by atoms with Crippen molar-refractivity contribution in [2.75, 3.05) is 33.0 Å². The molecule has 1 aliphatic carbocycles. The van der Waals surface area contributed by atoms with E-state index < -0.39 is 0 Å². The van der Waals surface area contributed by atoms with Crippen LogP contribution in [0.2, 0.25) is 0 Å². The van der Waals surface area contributed by atoms with Crippen molar-refractivity contribution in [3.05, 3.63) is 82.9 Å². The SMILES string of the molecule is CCCCCc1ccc(OC(=O)c2ccc3c(c2)C(C)c2cc(OCCCCCCOCC4(C)COC4)ccc2-3)cc1. The number of benzene rings is 3. The van der Waals surface area contributed by atoms with E-state index in [2.05, 4.69) is 57.2 Å². The molecule has 5 rings (SSSR count). The molecular weight excluding hydrogens is 524 g/mol. The number of hydrogen-bond donors (Lipinski definition) is 0. The van der Waals surface area contributed by atoms with Crippen LogP contribution in [0.25, 0.3) is 11.1 Å². The first-order chi connectivity index (χ1) is 20.5. The zero-order chi connectivity index (χ0) is 29.4. The van der Waals surface area contributed by atoms with Gasteiger partial charge in [-0.15, -0.1) is 0 Å². The minimum atomic E-state index is -0.322. The van der Waals surface area contributed by atoms with Gasteiger partial charge in [0.15, 0.2) is 0 Å². The van der Waals surface area contributed by atoms with Gasteiger partial charge in [0.05, 0.1) is 32.0 Å². The van der Waals surface area contributed by atoms with E-state index in [4.69, 9.17) is 18.9 Å². The molecule has 0 saturated carbocycles. The Morgan fingerprint density at radius 2 is 1.52 bits per heavy atom. The molecule has 1 atom stereocenters. The summed E-state index contributed by atoms with van der Waals surface area (Å²) in [5.74, 6) is 1.35. The zero-order valence-corrected chi connectivity index (χ0v) is 25.6. The van der Waals surface area contributed by atoms with Gasteiger partial charge in [0, 0.05) is 17.9 Å². The van der Waals surface area contributed by atoms with Gasteiger partial charge in [-0.3, -0.25) is 0 Å². The molecule has 5 heteroatoms. The smallest absolute Gasteiger partial charge is 0.343 e. The highest BCUT2D eigenvalue weighted by Gasteiger charge is 2.33. The summed E-state index contributed by atoms with van der Waals surface area (Å²) in [6, 6.07) is 20.2. The van der Waals surface area contributed by atoms with E-state index in [-0.39, 0.29) is 17.3 Å². The van der Waals surface area contributed by atoms with Gasteiger partial charge in [-0.05, 0) is 96.3 Å². The van der Waals surface area contributed by atoms with Gasteiger partial charge in [0.25, 0.3) is 0 Å². The third kappa shape index (κ3) is 7.62. The topological polar surface area (TPSA) is 54.0 Å². The van der Waals surface area contributed by atoms with Crippen LogP contribution in [0.3, 0.4) is 0 Å². The maximum atomic E-state index is 13.0. The second kappa shape index (κ2) is 14.3. The summed E-state index contributed by atoms with van der Waals surface area (Å²) in [5.41, 5.74) is 6.88. The summed E-state index contributed by atoms with van der Waals surface area (Å²) in [7, 11) is 0. The molecular formula is C37H46O5. The Hall–Kier alpha value is -3.15. The maximum absolute atomic E-state index is 13.0. The number of fused-ring (bicyclic) bond motifs is 3. The summed E-state index contributed by atoms with van der Waals surface area (Å²) in [6.07, 6.45) is 9.11. The van der Waals surface area contributed by atoms with E-state index in [9.17, 15) is 4.79 Å². The molecule has 0 radical (unpaired) electrons. The number of carbonyl (C=O) groups is 1. The molecule has 42 heavy (non-hydrogen) atoms. The van der Waals surface area contributed by atoms with Gasteiger partial charge in [0.2, 0.25) is 0 Å². The highest BCUT2D eigenvalue weighted by atomic mass is 16.5. The van der Waals surface area contributed by atoms with Crippen LogP contribution in [0, 0.1) is 5.41 Å². The molecule has 0 N–H and O–H groups in total. The standard InChI is InChI=1S/C37H46O5/c1-4-5-8-11-28-12-15-30(16-13-28)42-36(38)29-14-18-32-33-19-17-31(23-35(33)27(2)34(32)22-29)41-21-10-7-6-9-20-39-24-37(3)25-40-26-37/h12-19,22-23,27H,4-11,20-21,24-26H2,1-3H3. The van der Waals surface area contributed by atoms with Gasteiger partial charge >= 0.3 is 5.97 Å². The summed E-state index contributed by atoms with van der Waals surface area (Å²) >= 11 is 0. The first-order valence-electron chi connectivity index (χ1n) is 15.8. The fourth-order valence-corrected chi connectivity index (χ4v) is 5.87. The van der Waals surface area contributed by atoms with Crippen LogP contribution in [0.4, 0.5) is 0 Å². The molecule has 0 amide bonds. The van der Waals surface area contributed by atoms with Crippen LogP contribution >= 0.6 is 0 Å². The van der Waals surface area contributed by atoms with E-state index >= 15 is 0 Å². The van der Waals surface area contributed by atoms with Crippen LogP contribution in [-0.2, 0) is 15.9 Å². The minimum absolute atomic E-state index is 0.183.